The lowest BCUT2D eigenvalue weighted by molar-refractivity contribution is -0.140. The summed E-state index contributed by atoms with van der Waals surface area (Å²) in [6.07, 6.45) is 0.0665. The molecule has 0 spiro atoms. The Bertz CT molecular complexity index is 243. The van der Waals surface area contributed by atoms with Gasteiger partial charge in [-0.05, 0) is 0 Å². The van der Waals surface area contributed by atoms with Gasteiger partial charge in [-0.2, -0.15) is 0 Å². The van der Waals surface area contributed by atoms with Crippen LogP contribution in [0, 0.1) is 4.78 Å². The highest BCUT2D eigenvalue weighted by Crippen LogP contribution is 2.04. The maximum absolute atomic E-state index is 11.4. The molecule has 0 bridgehead atoms. The second-order valence-corrected chi connectivity index (χ2v) is 5.61. The number of nitrogens with one attached hydrogen (secondary N) is 1. The molecule has 0 aromatic carbocycles. The molecule has 0 aromatic rings. The van der Waals surface area contributed by atoms with E-state index in [4.69, 9.17) is 4.78 Å². The molecule has 1 atom stereocenters. The topological polar surface area (TPSA) is 67.2 Å². The van der Waals surface area contributed by atoms with E-state index in [0.29, 0.717) is 0 Å². The van der Waals surface area contributed by atoms with Crippen molar-refractivity contribution >= 4 is 15.7 Å². The van der Waals surface area contributed by atoms with E-state index in [2.05, 4.69) is 4.74 Å². The zero-order valence-corrected chi connectivity index (χ0v) is 8.44. The van der Waals surface area contributed by atoms with Crippen molar-refractivity contribution < 1.29 is 13.7 Å². The van der Waals surface area contributed by atoms with Crippen molar-refractivity contribution in [2.75, 3.05) is 12.9 Å². The molecular formula is C7H15NO3S. The van der Waals surface area contributed by atoms with Crippen LogP contribution in [0.25, 0.3) is 0 Å². The van der Waals surface area contributed by atoms with E-state index in [1.54, 1.807) is 13.8 Å². The van der Waals surface area contributed by atoms with Crippen LogP contribution in [0.1, 0.15) is 20.3 Å². The largest absolute Gasteiger partial charge is 0.469 e. The maximum atomic E-state index is 11.4. The van der Waals surface area contributed by atoms with Crippen molar-refractivity contribution in [3.8, 4) is 0 Å². The monoisotopic (exact) mass is 193 g/mol. The van der Waals surface area contributed by atoms with Gasteiger partial charge in [-0.3, -0.25) is 9.57 Å². The zero-order valence-electron chi connectivity index (χ0n) is 7.62. The van der Waals surface area contributed by atoms with Crippen LogP contribution in [0.15, 0.2) is 0 Å². The molecule has 0 aliphatic carbocycles. The Morgan fingerprint density at radius 2 is 2.08 bits per heavy atom. The standard InChI is InChI=1S/C7H15NO3S/c1-6(2)12(8,10)5-4-7(9)11-3/h6,8H,4-5H2,1-3H3. The van der Waals surface area contributed by atoms with Crippen LogP contribution in [-0.2, 0) is 19.3 Å². The second-order valence-electron chi connectivity index (χ2n) is 2.81. The van der Waals surface area contributed by atoms with Crippen LogP contribution in [-0.4, -0.2) is 28.3 Å². The van der Waals surface area contributed by atoms with Crippen LogP contribution in [0.3, 0.4) is 0 Å². The molecule has 72 valence electrons. The highest BCUT2D eigenvalue weighted by Gasteiger charge is 2.13. The molecule has 0 aromatic heterocycles. The summed E-state index contributed by atoms with van der Waals surface area (Å²) in [6.45, 7) is 3.43. The Morgan fingerprint density at radius 1 is 1.58 bits per heavy atom. The van der Waals surface area contributed by atoms with Crippen molar-refractivity contribution in [1.29, 1.82) is 4.78 Å². The molecule has 0 fully saturated rings. The van der Waals surface area contributed by atoms with E-state index in [1.807, 2.05) is 0 Å². The predicted octanol–water partition coefficient (Wildman–Crippen LogP) is 1.00. The quantitative estimate of drug-likeness (QED) is 0.677. The average molecular weight is 193 g/mol. The lowest BCUT2D eigenvalue weighted by Gasteiger charge is -2.09. The normalized spacial score (nSPS) is 15.7. The lowest BCUT2D eigenvalue weighted by Crippen LogP contribution is -2.18. The number of carbonyl (C=O) groups excluding carboxylic acids is 1. The second kappa shape index (κ2) is 4.45. The molecule has 0 saturated carbocycles. The third kappa shape index (κ3) is 3.71. The Labute approximate surface area is 73.3 Å². The summed E-state index contributed by atoms with van der Waals surface area (Å²) in [5, 5.41) is -0.206. The van der Waals surface area contributed by atoms with Gasteiger partial charge in [0, 0.05) is 20.7 Å². The maximum Gasteiger partial charge on any atom is 0.306 e. The smallest absolute Gasteiger partial charge is 0.306 e. The summed E-state index contributed by atoms with van der Waals surface area (Å²) in [5.74, 6) is -0.312. The third-order valence-electron chi connectivity index (χ3n) is 1.60. The lowest BCUT2D eigenvalue weighted by atomic mass is 10.5. The van der Waals surface area contributed by atoms with Gasteiger partial charge in [-0.15, -0.1) is 0 Å². The molecule has 4 nitrogen and oxygen atoms in total. The van der Waals surface area contributed by atoms with Gasteiger partial charge in [0.2, 0.25) is 0 Å². The van der Waals surface area contributed by atoms with Crippen LogP contribution >= 0.6 is 0 Å². The molecule has 0 amide bonds. The number of ether oxygens (including phenoxy) is 1. The number of esters is 1. The Hall–Kier alpha value is -0.580. The molecule has 1 N–H and O–H groups in total. The van der Waals surface area contributed by atoms with Gasteiger partial charge in [0.15, 0.2) is 0 Å². The molecule has 0 saturated heterocycles. The van der Waals surface area contributed by atoms with Gasteiger partial charge in [-0.25, -0.2) is 4.21 Å². The Balaban J connectivity index is 4.02. The predicted molar refractivity (Wildman–Crippen MR) is 47.5 cm³/mol. The Morgan fingerprint density at radius 3 is 2.42 bits per heavy atom. The van der Waals surface area contributed by atoms with Gasteiger partial charge in [0.05, 0.1) is 13.5 Å². The molecule has 0 aliphatic rings. The van der Waals surface area contributed by atoms with Crippen molar-refractivity contribution in [2.45, 2.75) is 25.5 Å². The minimum atomic E-state index is -2.60. The molecule has 5 heteroatoms. The SMILES string of the molecule is COC(=O)CCS(=N)(=O)C(C)C. The minimum Gasteiger partial charge on any atom is -0.469 e. The fourth-order valence-corrected chi connectivity index (χ4v) is 1.51. The summed E-state index contributed by atoms with van der Waals surface area (Å²) in [5.41, 5.74) is 0. The minimum absolute atomic E-state index is 0.0665. The first-order chi connectivity index (χ1) is 5.40. The fourth-order valence-electron chi connectivity index (χ4n) is 0.573. The fraction of sp³-hybridized carbons (Fsp3) is 0.857. The van der Waals surface area contributed by atoms with E-state index >= 15 is 0 Å². The van der Waals surface area contributed by atoms with Gasteiger partial charge in [0.1, 0.15) is 0 Å². The number of carbonyl (C=O) groups is 1. The molecule has 1 unspecified atom stereocenters. The number of rotatable bonds is 4. The van der Waals surface area contributed by atoms with Crippen LogP contribution < -0.4 is 0 Å². The number of hydrogen-bond donors (Lipinski definition) is 1. The van der Waals surface area contributed by atoms with Crippen molar-refractivity contribution in [3.63, 3.8) is 0 Å². The molecule has 0 rings (SSSR count). The molecule has 0 radical (unpaired) electrons. The van der Waals surface area contributed by atoms with E-state index < -0.39 is 15.7 Å². The van der Waals surface area contributed by atoms with Crippen molar-refractivity contribution in [1.82, 2.24) is 0 Å². The number of hydrogen-bond acceptors (Lipinski definition) is 4. The summed E-state index contributed by atoms with van der Waals surface area (Å²) in [7, 11) is -1.32. The van der Waals surface area contributed by atoms with E-state index in [9.17, 15) is 9.00 Å². The van der Waals surface area contributed by atoms with Crippen molar-refractivity contribution in [3.05, 3.63) is 0 Å². The van der Waals surface area contributed by atoms with E-state index in [0.717, 1.165) is 0 Å². The first-order valence-electron chi connectivity index (χ1n) is 3.72. The van der Waals surface area contributed by atoms with Gasteiger partial charge in [-0.1, -0.05) is 13.8 Å². The number of methoxy groups -OCH3 is 1. The summed E-state index contributed by atoms with van der Waals surface area (Å²) in [6, 6.07) is 0. The zero-order chi connectivity index (χ0) is 9.78. The summed E-state index contributed by atoms with van der Waals surface area (Å²) in [4.78, 5) is 10.6. The molecule has 12 heavy (non-hydrogen) atoms. The first kappa shape index (κ1) is 11.4. The van der Waals surface area contributed by atoms with Crippen LogP contribution in [0.4, 0.5) is 0 Å². The highest BCUT2D eigenvalue weighted by atomic mass is 32.2. The molecular weight excluding hydrogens is 178 g/mol. The van der Waals surface area contributed by atoms with Gasteiger partial charge < -0.3 is 4.74 Å². The third-order valence-corrected chi connectivity index (χ3v) is 3.93. The Kier molecular flexibility index (Phi) is 4.23. The van der Waals surface area contributed by atoms with Crippen LogP contribution in [0.2, 0.25) is 0 Å². The summed E-state index contributed by atoms with van der Waals surface area (Å²) >= 11 is 0. The first-order valence-corrected chi connectivity index (χ1v) is 5.51. The molecule has 0 aliphatic heterocycles. The highest BCUT2D eigenvalue weighted by molar-refractivity contribution is 7.92. The average Bonchev–Trinajstić information content (AvgIpc) is 2.00. The van der Waals surface area contributed by atoms with E-state index in [1.165, 1.54) is 7.11 Å². The van der Waals surface area contributed by atoms with Gasteiger partial charge >= 0.3 is 5.97 Å². The summed E-state index contributed by atoms with van der Waals surface area (Å²) < 4.78 is 23.1. The molecule has 0 heterocycles. The van der Waals surface area contributed by atoms with Gasteiger partial charge in [0.25, 0.3) is 0 Å². The van der Waals surface area contributed by atoms with Crippen molar-refractivity contribution in [2.24, 2.45) is 0 Å². The van der Waals surface area contributed by atoms with E-state index in [-0.39, 0.29) is 17.4 Å². The van der Waals surface area contributed by atoms with Crippen LogP contribution in [0.5, 0.6) is 0 Å².